The molecule has 0 radical (unpaired) electrons. The van der Waals surface area contributed by atoms with Crippen molar-refractivity contribution < 1.29 is 28.3 Å². The third-order valence-corrected chi connectivity index (χ3v) is 5.00. The van der Waals surface area contributed by atoms with Crippen LogP contribution in [0.1, 0.15) is 61.8 Å². The molecular weight excluding hydrogens is 441 g/mol. The Hall–Kier alpha value is -3.75. The Balaban J connectivity index is 1.83. The molecule has 1 unspecified atom stereocenters. The number of halogens is 1. The summed E-state index contributed by atoms with van der Waals surface area (Å²) in [4.78, 5) is 52.1. The number of nitrogens with zero attached hydrogens (tertiary/aromatic N) is 1. The third kappa shape index (κ3) is 5.59. The van der Waals surface area contributed by atoms with Crippen LogP contribution in [0, 0.1) is 11.7 Å². The summed E-state index contributed by atoms with van der Waals surface area (Å²) in [6, 6.07) is 8.99. The van der Waals surface area contributed by atoms with Gasteiger partial charge in [-0.25, -0.2) is 9.18 Å². The van der Waals surface area contributed by atoms with Crippen molar-refractivity contribution in [3.63, 3.8) is 0 Å². The molecule has 1 aliphatic rings. The zero-order valence-electron chi connectivity index (χ0n) is 19.8. The highest BCUT2D eigenvalue weighted by molar-refractivity contribution is 6.23. The molecule has 4 amide bonds. The lowest BCUT2D eigenvalue weighted by Gasteiger charge is -2.27. The first-order valence-electron chi connectivity index (χ1n) is 10.9. The van der Waals surface area contributed by atoms with Gasteiger partial charge in [0.1, 0.15) is 17.5 Å². The minimum atomic E-state index is -1.07. The minimum absolute atomic E-state index is 0.00215. The molecule has 2 aromatic rings. The maximum Gasteiger partial charge on any atom is 0.412 e. The molecule has 9 heteroatoms. The Labute approximate surface area is 197 Å². The normalized spacial score (nSPS) is 14.1. The number of nitrogens with one attached hydrogen (secondary N) is 2. The largest absolute Gasteiger partial charge is 0.444 e. The van der Waals surface area contributed by atoms with Crippen LogP contribution in [0.3, 0.4) is 0 Å². The number of carbonyl (C=O) groups is 4. The summed E-state index contributed by atoms with van der Waals surface area (Å²) in [5.74, 6) is -2.39. The Bertz CT molecular complexity index is 1100. The molecule has 1 heterocycles. The van der Waals surface area contributed by atoms with Crippen molar-refractivity contribution in [2.24, 2.45) is 5.92 Å². The highest BCUT2D eigenvalue weighted by Gasteiger charge is 2.42. The lowest BCUT2D eigenvalue weighted by molar-refractivity contribution is -0.120. The average Bonchev–Trinajstić information content (AvgIpc) is 2.98. The Morgan fingerprint density at radius 3 is 2.12 bits per heavy atom. The molecule has 0 spiro atoms. The number of benzene rings is 2. The van der Waals surface area contributed by atoms with E-state index < -0.39 is 41.3 Å². The first-order chi connectivity index (χ1) is 15.9. The number of fused-ring (bicyclic) bond motifs is 1. The van der Waals surface area contributed by atoms with Gasteiger partial charge in [0.2, 0.25) is 5.91 Å². The molecule has 0 fully saturated rings. The van der Waals surface area contributed by atoms with Crippen LogP contribution in [-0.2, 0) is 9.53 Å². The molecule has 8 nitrogen and oxygen atoms in total. The zero-order valence-corrected chi connectivity index (χ0v) is 19.8. The molecule has 34 heavy (non-hydrogen) atoms. The van der Waals surface area contributed by atoms with Crippen molar-refractivity contribution in [3.05, 3.63) is 59.4 Å². The number of carbonyl (C=O) groups excluding carboxylic acids is 4. The number of rotatable bonds is 6. The van der Waals surface area contributed by atoms with Gasteiger partial charge < -0.3 is 10.1 Å². The van der Waals surface area contributed by atoms with Gasteiger partial charge in [0, 0.05) is 5.69 Å². The van der Waals surface area contributed by atoms with Crippen molar-refractivity contribution in [2.45, 2.75) is 52.7 Å². The van der Waals surface area contributed by atoms with Crippen LogP contribution in [0.2, 0.25) is 0 Å². The van der Waals surface area contributed by atoms with E-state index in [0.717, 1.165) is 11.0 Å². The van der Waals surface area contributed by atoms with Crippen molar-refractivity contribution >= 4 is 35.2 Å². The molecule has 2 N–H and O–H groups in total. The summed E-state index contributed by atoms with van der Waals surface area (Å²) in [6.45, 7) is 8.77. The van der Waals surface area contributed by atoms with Gasteiger partial charge in [-0.05, 0) is 63.4 Å². The molecule has 0 aliphatic carbocycles. The number of imide groups is 1. The van der Waals surface area contributed by atoms with E-state index >= 15 is 0 Å². The fourth-order valence-electron chi connectivity index (χ4n) is 3.61. The van der Waals surface area contributed by atoms with Crippen LogP contribution < -0.4 is 10.6 Å². The van der Waals surface area contributed by atoms with E-state index in [1.54, 1.807) is 45.0 Å². The van der Waals surface area contributed by atoms with Crippen molar-refractivity contribution in [1.29, 1.82) is 0 Å². The maximum absolute atomic E-state index is 14.3. The van der Waals surface area contributed by atoms with Gasteiger partial charge in [-0.3, -0.25) is 24.6 Å². The van der Waals surface area contributed by atoms with Gasteiger partial charge >= 0.3 is 6.09 Å². The quantitative estimate of drug-likeness (QED) is 0.590. The highest BCUT2D eigenvalue weighted by Crippen LogP contribution is 2.28. The second kappa shape index (κ2) is 9.62. The summed E-state index contributed by atoms with van der Waals surface area (Å²) >= 11 is 0. The first kappa shape index (κ1) is 24.9. The average molecular weight is 470 g/mol. The van der Waals surface area contributed by atoms with E-state index in [9.17, 15) is 23.6 Å². The van der Waals surface area contributed by atoms with Crippen molar-refractivity contribution in [3.8, 4) is 0 Å². The van der Waals surface area contributed by atoms with E-state index in [-0.39, 0.29) is 34.8 Å². The summed E-state index contributed by atoms with van der Waals surface area (Å²) in [5.41, 5.74) is -0.279. The monoisotopic (exact) mass is 469 g/mol. The summed E-state index contributed by atoms with van der Waals surface area (Å²) in [6.07, 6.45) is -0.611. The smallest absolute Gasteiger partial charge is 0.412 e. The Morgan fingerprint density at radius 1 is 1.00 bits per heavy atom. The topological polar surface area (TPSA) is 105 Å². The molecule has 1 aliphatic heterocycles. The van der Waals surface area contributed by atoms with Crippen molar-refractivity contribution in [2.75, 3.05) is 10.6 Å². The number of amides is 4. The number of hydrogen-bond acceptors (Lipinski definition) is 5. The lowest BCUT2D eigenvalue weighted by Crippen LogP contribution is -2.47. The Morgan fingerprint density at radius 2 is 1.59 bits per heavy atom. The number of ether oxygens (including phenoxy) is 1. The van der Waals surface area contributed by atoms with Crippen LogP contribution in [0.25, 0.3) is 0 Å². The van der Waals surface area contributed by atoms with Gasteiger partial charge in [0.15, 0.2) is 0 Å². The van der Waals surface area contributed by atoms with E-state index in [1.165, 1.54) is 12.1 Å². The Kier molecular flexibility index (Phi) is 7.04. The molecule has 180 valence electrons. The van der Waals surface area contributed by atoms with Gasteiger partial charge in [-0.15, -0.1) is 0 Å². The van der Waals surface area contributed by atoms with E-state index in [1.807, 2.05) is 13.8 Å². The molecule has 0 saturated heterocycles. The highest BCUT2D eigenvalue weighted by atomic mass is 19.1. The molecule has 2 aromatic carbocycles. The van der Waals surface area contributed by atoms with E-state index in [2.05, 4.69) is 10.6 Å². The summed E-state index contributed by atoms with van der Waals surface area (Å²) in [5, 5.41) is 4.95. The summed E-state index contributed by atoms with van der Waals surface area (Å²) in [7, 11) is 0. The predicted octanol–water partition coefficient (Wildman–Crippen LogP) is 4.82. The molecule has 1 atom stereocenters. The SMILES string of the molecule is CC(C)CC(C(=O)Nc1ccc(F)c(NC(=O)OC(C)(C)C)c1)N1C(=O)c2ccccc2C1=O. The molecule has 0 aromatic heterocycles. The minimum Gasteiger partial charge on any atom is -0.444 e. The molecular formula is C25H28FN3O5. The maximum atomic E-state index is 14.3. The fraction of sp³-hybridized carbons (Fsp3) is 0.360. The molecule has 3 rings (SSSR count). The van der Waals surface area contributed by atoms with Gasteiger partial charge in [-0.1, -0.05) is 26.0 Å². The predicted molar refractivity (Wildman–Crippen MR) is 125 cm³/mol. The summed E-state index contributed by atoms with van der Waals surface area (Å²) < 4.78 is 19.4. The van der Waals surface area contributed by atoms with Crippen molar-refractivity contribution in [1.82, 2.24) is 4.90 Å². The second-order valence-corrected chi connectivity index (χ2v) is 9.48. The zero-order chi connectivity index (χ0) is 25.2. The van der Waals surface area contributed by atoms with Crippen LogP contribution in [0.5, 0.6) is 0 Å². The number of hydrogen-bond donors (Lipinski definition) is 2. The van der Waals surface area contributed by atoms with Crippen LogP contribution in [0.4, 0.5) is 20.6 Å². The first-order valence-corrected chi connectivity index (χ1v) is 10.9. The molecule has 0 bridgehead atoms. The third-order valence-electron chi connectivity index (χ3n) is 5.00. The van der Waals surface area contributed by atoms with Gasteiger partial charge in [0.05, 0.1) is 16.8 Å². The lowest BCUT2D eigenvalue weighted by atomic mass is 10.0. The fourth-order valence-corrected chi connectivity index (χ4v) is 3.61. The van der Waals surface area contributed by atoms with Crippen LogP contribution >= 0.6 is 0 Å². The molecule has 0 saturated carbocycles. The standard InChI is InChI=1S/C25H28FN3O5/c1-14(2)12-20(29-22(31)16-8-6-7-9-17(16)23(29)32)21(30)27-15-10-11-18(26)19(13-15)28-24(33)34-25(3,4)5/h6-11,13-14,20H,12H2,1-5H3,(H,27,30)(H,28,33). The van der Waals surface area contributed by atoms with E-state index in [0.29, 0.717) is 0 Å². The number of anilines is 2. The van der Waals surface area contributed by atoms with E-state index in [4.69, 9.17) is 4.74 Å². The van der Waals surface area contributed by atoms with Crippen LogP contribution in [-0.4, -0.2) is 40.4 Å². The van der Waals surface area contributed by atoms with Crippen LogP contribution in [0.15, 0.2) is 42.5 Å². The van der Waals surface area contributed by atoms with Gasteiger partial charge in [0.25, 0.3) is 11.8 Å². The second-order valence-electron chi connectivity index (χ2n) is 9.48. The van der Waals surface area contributed by atoms with Gasteiger partial charge in [-0.2, -0.15) is 0 Å².